The van der Waals surface area contributed by atoms with Crippen molar-refractivity contribution >= 4 is 23.8 Å². The van der Waals surface area contributed by atoms with Crippen LogP contribution in [-0.2, 0) is 33.4 Å². The van der Waals surface area contributed by atoms with Gasteiger partial charge in [-0.1, -0.05) is 6.58 Å². The normalized spacial score (nSPS) is 22.0. The minimum atomic E-state index is -0.540. The molecule has 10 nitrogen and oxygen atoms in total. The first-order valence-electron chi connectivity index (χ1n) is 13.7. The van der Waals surface area contributed by atoms with Gasteiger partial charge in [-0.15, -0.1) is 16.9 Å². The van der Waals surface area contributed by atoms with Gasteiger partial charge in [0, 0.05) is 51.7 Å². The third-order valence-electron chi connectivity index (χ3n) is 7.05. The van der Waals surface area contributed by atoms with E-state index >= 15 is 0 Å². The van der Waals surface area contributed by atoms with Crippen molar-refractivity contribution in [1.82, 2.24) is 10.4 Å². The maximum absolute atomic E-state index is 12.0. The zero-order chi connectivity index (χ0) is 27.2. The quantitative estimate of drug-likeness (QED) is 0.224. The molecule has 1 aliphatic heterocycles. The van der Waals surface area contributed by atoms with E-state index < -0.39 is 12.1 Å². The SMILES string of the molecule is C=C1CCC(=O)N1OC(=O)CCCC(=O)CCCOCCOCCNC(=O)OCC1[C@H]2CCC#CCC[C@@H]12. The second-order valence-electron chi connectivity index (χ2n) is 9.89. The van der Waals surface area contributed by atoms with Crippen LogP contribution in [0.3, 0.4) is 0 Å². The van der Waals surface area contributed by atoms with Crippen molar-refractivity contribution < 1.29 is 38.2 Å². The molecule has 1 N–H and O–H groups in total. The Balaban J connectivity index is 1.06. The minimum absolute atomic E-state index is 0.0535. The Morgan fingerprint density at radius 2 is 1.61 bits per heavy atom. The lowest BCUT2D eigenvalue weighted by Crippen LogP contribution is -2.29. The predicted molar refractivity (Wildman–Crippen MR) is 137 cm³/mol. The topological polar surface area (TPSA) is 120 Å². The molecule has 3 atom stereocenters. The monoisotopic (exact) mass is 532 g/mol. The number of nitrogens with zero attached hydrogens (tertiary/aromatic N) is 1. The number of ether oxygens (including phenoxy) is 3. The van der Waals surface area contributed by atoms with Gasteiger partial charge < -0.3 is 24.4 Å². The van der Waals surface area contributed by atoms with Crippen LogP contribution in [0.2, 0.25) is 0 Å². The summed E-state index contributed by atoms with van der Waals surface area (Å²) in [5, 5.41) is 3.65. The first-order valence-corrected chi connectivity index (χ1v) is 13.7. The Morgan fingerprint density at radius 1 is 0.921 bits per heavy atom. The smallest absolute Gasteiger partial charge is 0.407 e. The van der Waals surface area contributed by atoms with Crippen molar-refractivity contribution in [2.24, 2.45) is 17.8 Å². The number of alkyl carbamates (subject to hydrolysis) is 1. The lowest BCUT2D eigenvalue weighted by Gasteiger charge is -2.15. The fraction of sp³-hybridized carbons (Fsp3) is 0.714. The Kier molecular flexibility index (Phi) is 12.6. The van der Waals surface area contributed by atoms with E-state index in [-0.39, 0.29) is 24.5 Å². The fourth-order valence-electron chi connectivity index (χ4n) is 4.87. The minimum Gasteiger partial charge on any atom is -0.449 e. The molecule has 2 aliphatic carbocycles. The number of ketones is 1. The molecule has 38 heavy (non-hydrogen) atoms. The third-order valence-corrected chi connectivity index (χ3v) is 7.05. The van der Waals surface area contributed by atoms with Gasteiger partial charge in [-0.3, -0.25) is 9.59 Å². The number of hydrogen-bond donors (Lipinski definition) is 1. The number of carbonyl (C=O) groups excluding carboxylic acids is 4. The van der Waals surface area contributed by atoms with Gasteiger partial charge in [-0.2, -0.15) is 0 Å². The average molecular weight is 533 g/mol. The number of allylic oxidation sites excluding steroid dienone is 1. The van der Waals surface area contributed by atoms with E-state index in [0.29, 0.717) is 95.1 Å². The summed E-state index contributed by atoms with van der Waals surface area (Å²) in [6, 6.07) is 0. The molecular formula is C28H40N2O8. The third kappa shape index (κ3) is 10.5. The van der Waals surface area contributed by atoms with Crippen molar-refractivity contribution in [3.63, 3.8) is 0 Å². The molecule has 1 unspecified atom stereocenters. The fourth-order valence-corrected chi connectivity index (χ4v) is 4.87. The molecule has 0 aromatic carbocycles. The molecule has 0 aromatic rings. The van der Waals surface area contributed by atoms with Crippen LogP contribution in [0.4, 0.5) is 4.79 Å². The second-order valence-corrected chi connectivity index (χ2v) is 9.89. The van der Waals surface area contributed by atoms with Gasteiger partial charge in [0.2, 0.25) is 0 Å². The molecule has 2 amide bonds. The summed E-state index contributed by atoms with van der Waals surface area (Å²) in [4.78, 5) is 52.2. The summed E-state index contributed by atoms with van der Waals surface area (Å²) in [7, 11) is 0. The molecule has 1 saturated heterocycles. The molecule has 3 rings (SSSR count). The summed E-state index contributed by atoms with van der Waals surface area (Å²) in [6.45, 7) is 6.13. The Hall–Kier alpha value is -2.90. The summed E-state index contributed by atoms with van der Waals surface area (Å²) >= 11 is 0. The molecule has 10 heteroatoms. The van der Waals surface area contributed by atoms with Crippen LogP contribution < -0.4 is 5.32 Å². The first kappa shape index (κ1) is 29.7. The zero-order valence-corrected chi connectivity index (χ0v) is 22.2. The van der Waals surface area contributed by atoms with Crippen molar-refractivity contribution in [2.75, 3.05) is 39.6 Å². The van der Waals surface area contributed by atoms with Crippen LogP contribution in [-0.4, -0.2) is 68.4 Å². The molecule has 1 heterocycles. The average Bonchev–Trinajstić information content (AvgIpc) is 3.42. The van der Waals surface area contributed by atoms with Gasteiger partial charge in [-0.25, -0.2) is 9.59 Å². The number of nitrogens with one attached hydrogen (secondary N) is 1. The van der Waals surface area contributed by atoms with Gasteiger partial charge in [0.25, 0.3) is 5.91 Å². The van der Waals surface area contributed by atoms with E-state index in [4.69, 9.17) is 19.0 Å². The van der Waals surface area contributed by atoms with Crippen LogP contribution in [0.25, 0.3) is 0 Å². The molecule has 0 radical (unpaired) electrons. The largest absolute Gasteiger partial charge is 0.449 e. The van der Waals surface area contributed by atoms with Crippen LogP contribution in [0.5, 0.6) is 0 Å². The molecule has 3 aliphatic rings. The summed E-state index contributed by atoms with van der Waals surface area (Å²) < 4.78 is 16.3. The van der Waals surface area contributed by atoms with Gasteiger partial charge in [0.1, 0.15) is 5.78 Å². The number of Topliss-reactive ketones (excluding diaryl/α,β-unsaturated/α-hetero) is 1. The number of carbonyl (C=O) groups is 4. The maximum Gasteiger partial charge on any atom is 0.407 e. The molecule has 0 bridgehead atoms. The van der Waals surface area contributed by atoms with Crippen molar-refractivity contribution in [3.8, 4) is 11.8 Å². The van der Waals surface area contributed by atoms with E-state index in [1.807, 2.05) is 0 Å². The summed E-state index contributed by atoms with van der Waals surface area (Å²) in [5.41, 5.74) is 0.476. The van der Waals surface area contributed by atoms with E-state index in [1.54, 1.807) is 0 Å². The molecule has 2 fully saturated rings. The molecule has 1 saturated carbocycles. The number of rotatable bonds is 17. The van der Waals surface area contributed by atoms with Gasteiger partial charge in [0.15, 0.2) is 0 Å². The predicted octanol–water partition coefficient (Wildman–Crippen LogP) is 3.30. The van der Waals surface area contributed by atoms with E-state index in [2.05, 4.69) is 23.7 Å². The van der Waals surface area contributed by atoms with Gasteiger partial charge in [-0.05, 0) is 49.9 Å². The highest BCUT2D eigenvalue weighted by Crippen LogP contribution is 2.52. The van der Waals surface area contributed by atoms with Crippen molar-refractivity contribution in [2.45, 2.75) is 70.6 Å². The number of hydroxylamine groups is 2. The molecule has 210 valence electrons. The molecule has 0 spiro atoms. The zero-order valence-electron chi connectivity index (χ0n) is 22.2. The van der Waals surface area contributed by atoms with E-state index in [1.165, 1.54) is 0 Å². The number of amides is 2. The summed E-state index contributed by atoms with van der Waals surface area (Å²) in [6.07, 6.45) is 6.18. The van der Waals surface area contributed by atoms with Crippen molar-refractivity contribution in [3.05, 3.63) is 12.3 Å². The Labute approximate surface area is 224 Å². The molecular weight excluding hydrogens is 492 g/mol. The Bertz CT molecular complexity index is 874. The van der Waals surface area contributed by atoms with Gasteiger partial charge >= 0.3 is 12.1 Å². The standard InChI is InChI=1S/C28H40N2O8/c1-21-13-14-26(32)30(21)38-27(33)12-6-8-22(31)9-7-16-35-18-19-36-17-15-29-28(34)37-20-25-23-10-4-2-3-5-11-24(23)25/h23-25H,1,4-20H2,(H,29,34)/t23-,24+,25?. The lowest BCUT2D eigenvalue weighted by molar-refractivity contribution is -0.186. The van der Waals surface area contributed by atoms with Crippen LogP contribution in [0.15, 0.2) is 12.3 Å². The first-order chi connectivity index (χ1) is 18.5. The number of fused-ring (bicyclic) bond motifs is 1. The van der Waals surface area contributed by atoms with E-state index in [9.17, 15) is 19.2 Å². The lowest BCUT2D eigenvalue weighted by atomic mass is 10.1. The summed E-state index contributed by atoms with van der Waals surface area (Å²) in [5.74, 6) is 7.40. The highest BCUT2D eigenvalue weighted by Gasteiger charge is 2.49. The maximum atomic E-state index is 12.0. The second kappa shape index (κ2) is 16.1. The van der Waals surface area contributed by atoms with Crippen LogP contribution in [0, 0.1) is 29.6 Å². The highest BCUT2D eigenvalue weighted by atomic mass is 16.7. The van der Waals surface area contributed by atoms with E-state index in [0.717, 1.165) is 30.7 Å². The van der Waals surface area contributed by atoms with Gasteiger partial charge in [0.05, 0.1) is 32.1 Å². The highest BCUT2D eigenvalue weighted by molar-refractivity contribution is 5.82. The van der Waals surface area contributed by atoms with Crippen LogP contribution in [0.1, 0.15) is 70.6 Å². The van der Waals surface area contributed by atoms with Crippen LogP contribution >= 0.6 is 0 Å². The van der Waals surface area contributed by atoms with Crippen molar-refractivity contribution in [1.29, 1.82) is 0 Å². The number of hydrogen-bond acceptors (Lipinski definition) is 8. The molecule has 0 aromatic heterocycles. The Morgan fingerprint density at radius 3 is 2.29 bits per heavy atom.